The number of benzene rings is 9. The van der Waals surface area contributed by atoms with Crippen molar-refractivity contribution in [3.05, 3.63) is 158 Å². The van der Waals surface area contributed by atoms with Gasteiger partial charge in [-0.2, -0.15) is 0 Å². The largest absolute Gasteiger partial charge is 0.456 e. The van der Waals surface area contributed by atoms with Gasteiger partial charge >= 0.3 is 0 Å². The van der Waals surface area contributed by atoms with Crippen LogP contribution in [0.15, 0.2) is 162 Å². The third-order valence-electron chi connectivity index (χ3n) is 10.2. The van der Waals surface area contributed by atoms with E-state index in [2.05, 4.69) is 146 Å². The molecule has 0 unspecified atom stereocenters. The standard InChI is InChI=1S/C46H26OS/c1-2-14-31(29(12-1)27-23-24-40-37(25-27)30-13-7-8-20-39(30)47-40)44-32-15-3-5-17-34(32)45(35-18-6-4-16-33(35)44)38-26-28-11-9-21-41-43(28)46-36(38)19-10-22-42(46)48-41/h1-26H. The zero-order valence-electron chi connectivity index (χ0n) is 25.8. The lowest BCUT2D eigenvalue weighted by molar-refractivity contribution is 0.669. The number of fused-ring (bicyclic) bond motifs is 5. The Hall–Kier alpha value is -5.96. The van der Waals surface area contributed by atoms with E-state index in [1.165, 1.54) is 85.9 Å². The van der Waals surface area contributed by atoms with Crippen molar-refractivity contribution in [1.29, 1.82) is 0 Å². The fraction of sp³-hybridized carbons (Fsp3) is 0. The monoisotopic (exact) mass is 626 g/mol. The minimum Gasteiger partial charge on any atom is -0.456 e. The molecular formula is C46H26OS. The van der Waals surface area contributed by atoms with Gasteiger partial charge in [-0.05, 0) is 102 Å². The van der Waals surface area contributed by atoms with Crippen molar-refractivity contribution in [2.24, 2.45) is 0 Å². The first kappa shape index (κ1) is 26.1. The molecule has 0 bridgehead atoms. The average Bonchev–Trinajstić information content (AvgIpc) is 3.72. The Morgan fingerprint density at radius 1 is 0.354 bits per heavy atom. The van der Waals surface area contributed by atoms with Crippen LogP contribution in [-0.2, 0) is 0 Å². The molecule has 48 heavy (non-hydrogen) atoms. The van der Waals surface area contributed by atoms with Crippen molar-refractivity contribution < 1.29 is 4.42 Å². The highest BCUT2D eigenvalue weighted by atomic mass is 32.1. The number of furan rings is 1. The first-order valence-electron chi connectivity index (χ1n) is 16.4. The Balaban J connectivity index is 1.24. The Morgan fingerprint density at radius 2 is 0.917 bits per heavy atom. The molecule has 0 aliphatic heterocycles. The van der Waals surface area contributed by atoms with Gasteiger partial charge in [-0.3, -0.25) is 0 Å². The third-order valence-corrected chi connectivity index (χ3v) is 11.3. The summed E-state index contributed by atoms with van der Waals surface area (Å²) in [6.45, 7) is 0. The van der Waals surface area contributed by atoms with Gasteiger partial charge in [0, 0.05) is 30.9 Å². The highest BCUT2D eigenvalue weighted by Crippen LogP contribution is 2.50. The maximum absolute atomic E-state index is 6.20. The molecule has 222 valence electrons. The second kappa shape index (κ2) is 9.78. The van der Waals surface area contributed by atoms with Gasteiger partial charge in [-0.1, -0.05) is 121 Å². The summed E-state index contributed by atoms with van der Waals surface area (Å²) in [5.74, 6) is 0. The van der Waals surface area contributed by atoms with Crippen LogP contribution in [0.25, 0.3) is 108 Å². The van der Waals surface area contributed by atoms with Gasteiger partial charge in [0.05, 0.1) is 0 Å². The number of rotatable bonds is 3. The molecule has 0 aliphatic rings. The van der Waals surface area contributed by atoms with Crippen molar-refractivity contribution in [2.45, 2.75) is 0 Å². The summed E-state index contributed by atoms with van der Waals surface area (Å²) in [6, 6.07) is 57.8. The fourth-order valence-electron chi connectivity index (χ4n) is 8.23. The van der Waals surface area contributed by atoms with Crippen LogP contribution >= 0.6 is 11.3 Å². The van der Waals surface area contributed by atoms with E-state index < -0.39 is 0 Å². The van der Waals surface area contributed by atoms with Crippen molar-refractivity contribution >= 4 is 85.8 Å². The van der Waals surface area contributed by atoms with E-state index in [-0.39, 0.29) is 0 Å². The predicted molar refractivity (Wildman–Crippen MR) is 207 cm³/mol. The number of hydrogen-bond donors (Lipinski definition) is 0. The van der Waals surface area contributed by atoms with E-state index in [4.69, 9.17) is 4.42 Å². The maximum Gasteiger partial charge on any atom is 0.135 e. The molecule has 9 aromatic carbocycles. The van der Waals surface area contributed by atoms with Gasteiger partial charge < -0.3 is 4.42 Å². The normalized spacial score (nSPS) is 12.2. The average molecular weight is 627 g/mol. The van der Waals surface area contributed by atoms with Crippen LogP contribution in [0.1, 0.15) is 0 Å². The lowest BCUT2D eigenvalue weighted by Gasteiger charge is -2.21. The molecule has 0 saturated heterocycles. The summed E-state index contributed by atoms with van der Waals surface area (Å²) >= 11 is 1.90. The van der Waals surface area contributed by atoms with Gasteiger partial charge in [0.25, 0.3) is 0 Å². The predicted octanol–water partition coefficient (Wildman–Crippen LogP) is 13.9. The zero-order valence-corrected chi connectivity index (χ0v) is 26.6. The quantitative estimate of drug-likeness (QED) is 0.140. The molecule has 11 aromatic rings. The fourth-order valence-corrected chi connectivity index (χ4v) is 9.40. The Labute approximate surface area is 280 Å². The van der Waals surface area contributed by atoms with Crippen LogP contribution in [0, 0.1) is 0 Å². The van der Waals surface area contributed by atoms with Crippen molar-refractivity contribution in [3.8, 4) is 33.4 Å². The van der Waals surface area contributed by atoms with E-state index in [9.17, 15) is 0 Å². The molecule has 2 heteroatoms. The van der Waals surface area contributed by atoms with Crippen LogP contribution in [-0.4, -0.2) is 0 Å². The third kappa shape index (κ3) is 3.55. The second-order valence-corrected chi connectivity index (χ2v) is 13.8. The molecule has 0 saturated carbocycles. The molecular weight excluding hydrogens is 601 g/mol. The van der Waals surface area contributed by atoms with E-state index in [0.29, 0.717) is 0 Å². The molecule has 2 heterocycles. The topological polar surface area (TPSA) is 13.1 Å². The second-order valence-electron chi connectivity index (χ2n) is 12.8. The van der Waals surface area contributed by atoms with Crippen LogP contribution in [0.3, 0.4) is 0 Å². The molecule has 0 spiro atoms. The van der Waals surface area contributed by atoms with E-state index >= 15 is 0 Å². The van der Waals surface area contributed by atoms with Crippen LogP contribution in [0.5, 0.6) is 0 Å². The van der Waals surface area contributed by atoms with Crippen molar-refractivity contribution in [3.63, 3.8) is 0 Å². The van der Waals surface area contributed by atoms with Gasteiger partial charge in [-0.15, -0.1) is 11.3 Å². The minimum atomic E-state index is 0.915. The van der Waals surface area contributed by atoms with Crippen molar-refractivity contribution in [2.75, 3.05) is 0 Å². The highest BCUT2D eigenvalue weighted by Gasteiger charge is 2.22. The Morgan fingerprint density at radius 3 is 1.67 bits per heavy atom. The van der Waals surface area contributed by atoms with Crippen LogP contribution in [0.2, 0.25) is 0 Å². The lowest BCUT2D eigenvalue weighted by Crippen LogP contribution is -1.93. The minimum absolute atomic E-state index is 0.915. The van der Waals surface area contributed by atoms with Crippen LogP contribution in [0.4, 0.5) is 0 Å². The number of thiophene rings is 1. The summed E-state index contributed by atoms with van der Waals surface area (Å²) in [7, 11) is 0. The molecule has 0 atom stereocenters. The van der Waals surface area contributed by atoms with Gasteiger partial charge in [-0.25, -0.2) is 0 Å². The Kier molecular flexibility index (Phi) is 5.32. The van der Waals surface area contributed by atoms with Crippen molar-refractivity contribution in [1.82, 2.24) is 0 Å². The summed E-state index contributed by atoms with van der Waals surface area (Å²) in [5.41, 5.74) is 9.32. The van der Waals surface area contributed by atoms with Gasteiger partial charge in [0.2, 0.25) is 0 Å². The smallest absolute Gasteiger partial charge is 0.135 e. The molecule has 2 aromatic heterocycles. The van der Waals surface area contributed by atoms with Gasteiger partial charge in [0.15, 0.2) is 0 Å². The van der Waals surface area contributed by atoms with Gasteiger partial charge in [0.1, 0.15) is 11.2 Å². The van der Waals surface area contributed by atoms with Crippen LogP contribution < -0.4 is 0 Å². The molecule has 11 rings (SSSR count). The summed E-state index contributed by atoms with van der Waals surface area (Å²) < 4.78 is 8.90. The highest BCUT2D eigenvalue weighted by molar-refractivity contribution is 7.26. The lowest BCUT2D eigenvalue weighted by atomic mass is 9.82. The zero-order chi connectivity index (χ0) is 31.3. The molecule has 0 N–H and O–H groups in total. The van der Waals surface area contributed by atoms with E-state index in [1.54, 1.807) is 0 Å². The molecule has 0 radical (unpaired) electrons. The molecule has 0 aliphatic carbocycles. The van der Waals surface area contributed by atoms with E-state index in [1.807, 2.05) is 23.5 Å². The SMILES string of the molecule is c1ccc(-c2c3ccccc3c(-c3cc4cccc5sc6cccc3c6c45)c3ccccc23)c(-c2ccc3oc4ccccc4c3c2)c1. The summed E-state index contributed by atoms with van der Waals surface area (Å²) in [6.07, 6.45) is 0. The first-order valence-corrected chi connectivity index (χ1v) is 17.2. The molecule has 0 amide bonds. The number of hydrogen-bond acceptors (Lipinski definition) is 2. The molecule has 1 nitrogen and oxygen atoms in total. The summed E-state index contributed by atoms with van der Waals surface area (Å²) in [4.78, 5) is 0. The summed E-state index contributed by atoms with van der Waals surface area (Å²) in [5, 5.41) is 12.7. The number of para-hydroxylation sites is 1. The molecule has 0 fully saturated rings. The first-order chi connectivity index (χ1) is 23.8. The Bertz CT molecular complexity index is 3010. The van der Waals surface area contributed by atoms with E-state index in [0.717, 1.165) is 21.9 Å². The maximum atomic E-state index is 6.20.